The van der Waals surface area contributed by atoms with Gasteiger partial charge in [-0.25, -0.2) is 9.78 Å². The van der Waals surface area contributed by atoms with Crippen molar-refractivity contribution in [2.75, 3.05) is 24.9 Å². The number of hydrogen-bond donors (Lipinski definition) is 0. The lowest BCUT2D eigenvalue weighted by Crippen LogP contribution is -2.47. The molecule has 0 aliphatic carbocycles. The number of fused-ring (bicyclic) bond motifs is 1. The average Bonchev–Trinajstić information content (AvgIpc) is 2.81. The molecule has 7 heteroatoms. The second-order valence-corrected chi connectivity index (χ2v) is 10.5. The van der Waals surface area contributed by atoms with Crippen molar-refractivity contribution in [2.45, 2.75) is 31.4 Å². The Hall–Kier alpha value is -2.27. The molecule has 0 aliphatic rings. The normalized spacial score (nSPS) is 14.5. The summed E-state index contributed by atoms with van der Waals surface area (Å²) in [6.07, 6.45) is 0.337. The molecule has 3 atom stereocenters. The summed E-state index contributed by atoms with van der Waals surface area (Å²) in [5.41, 5.74) is 0.774. The maximum atomic E-state index is 13.1. The number of carbonyl (C=O) groups is 1. The van der Waals surface area contributed by atoms with Gasteiger partial charge in [-0.15, -0.1) is 0 Å². The molecule has 0 bridgehead atoms. The molecule has 0 aliphatic heterocycles. The first-order chi connectivity index (χ1) is 15.5. The number of rotatable bonds is 11. The van der Waals surface area contributed by atoms with Gasteiger partial charge in [0.15, 0.2) is 17.3 Å². The smallest absolute Gasteiger partial charge is 0.350 e. The standard InChI is InChI=1S/C25H29NO4PS/c1-4-29-24(27)25(30-5-2,21-12-7-6-8-13-21)19(3)17-31(28)18-32-23-16-15-20-11-9-10-14-22(20)26-23/h6-16,19H,4-5,17-18H2,1-3H3/q+1. The molecule has 3 unspecified atom stereocenters. The first-order valence-corrected chi connectivity index (χ1v) is 13.4. The number of hydrogen-bond acceptors (Lipinski definition) is 6. The van der Waals surface area contributed by atoms with Crippen molar-refractivity contribution in [2.24, 2.45) is 5.92 Å². The zero-order valence-electron chi connectivity index (χ0n) is 18.7. The molecule has 0 saturated carbocycles. The van der Waals surface area contributed by atoms with Gasteiger partial charge in [-0.3, -0.25) is 0 Å². The Labute approximate surface area is 194 Å². The van der Waals surface area contributed by atoms with Crippen LogP contribution in [0.5, 0.6) is 0 Å². The maximum Gasteiger partial charge on any atom is 0.350 e. The Bertz CT molecular complexity index is 1060. The van der Waals surface area contributed by atoms with E-state index < -0.39 is 19.4 Å². The molecule has 168 valence electrons. The van der Waals surface area contributed by atoms with E-state index in [-0.39, 0.29) is 12.5 Å². The molecule has 1 aromatic heterocycles. The molecule has 0 N–H and O–H groups in total. The van der Waals surface area contributed by atoms with Crippen molar-refractivity contribution in [1.29, 1.82) is 0 Å². The molecular formula is C25H29NO4PS+. The van der Waals surface area contributed by atoms with E-state index in [1.54, 1.807) is 6.92 Å². The molecule has 5 nitrogen and oxygen atoms in total. The van der Waals surface area contributed by atoms with Gasteiger partial charge in [0.05, 0.1) is 12.1 Å². The molecule has 3 aromatic rings. The molecular weight excluding hydrogens is 441 g/mol. The second-order valence-electron chi connectivity index (χ2n) is 7.44. The van der Waals surface area contributed by atoms with Crippen molar-refractivity contribution in [1.82, 2.24) is 4.98 Å². The number of para-hydroxylation sites is 1. The first kappa shape index (κ1) is 24.4. The van der Waals surface area contributed by atoms with Gasteiger partial charge < -0.3 is 9.47 Å². The Morgan fingerprint density at radius 2 is 1.75 bits per heavy atom. The van der Waals surface area contributed by atoms with E-state index in [4.69, 9.17) is 9.47 Å². The molecule has 0 fully saturated rings. The van der Waals surface area contributed by atoms with E-state index in [1.807, 2.05) is 80.6 Å². The molecule has 1 heterocycles. The minimum absolute atomic E-state index is 0.253. The highest BCUT2D eigenvalue weighted by atomic mass is 32.2. The minimum Gasteiger partial charge on any atom is -0.464 e. The van der Waals surface area contributed by atoms with Crippen LogP contribution in [-0.4, -0.2) is 35.8 Å². The van der Waals surface area contributed by atoms with E-state index in [1.165, 1.54) is 11.8 Å². The fourth-order valence-corrected chi connectivity index (χ4v) is 6.51. The van der Waals surface area contributed by atoms with Gasteiger partial charge in [-0.05, 0) is 31.5 Å². The Morgan fingerprint density at radius 3 is 2.47 bits per heavy atom. The maximum absolute atomic E-state index is 13.1. The predicted octanol–water partition coefficient (Wildman–Crippen LogP) is 6.24. The monoisotopic (exact) mass is 470 g/mol. The van der Waals surface area contributed by atoms with Gasteiger partial charge in [-0.2, -0.15) is 0 Å². The van der Waals surface area contributed by atoms with Crippen LogP contribution < -0.4 is 0 Å². The molecule has 0 spiro atoms. The quantitative estimate of drug-likeness (QED) is 0.188. The summed E-state index contributed by atoms with van der Waals surface area (Å²) >= 11 is 1.47. The van der Waals surface area contributed by atoms with Crippen molar-refractivity contribution in [3.63, 3.8) is 0 Å². The zero-order chi connectivity index (χ0) is 23.0. The third-order valence-electron chi connectivity index (χ3n) is 5.25. The van der Waals surface area contributed by atoms with Gasteiger partial charge in [0.2, 0.25) is 0 Å². The number of carbonyl (C=O) groups excluding carboxylic acids is 1. The summed E-state index contributed by atoms with van der Waals surface area (Å²) in [4.78, 5) is 17.8. The van der Waals surface area contributed by atoms with Crippen LogP contribution in [0, 0.1) is 5.92 Å². The summed E-state index contributed by atoms with van der Waals surface area (Å²) in [5, 5.41) is 1.91. The Kier molecular flexibility index (Phi) is 8.80. The first-order valence-electron chi connectivity index (χ1n) is 10.8. The highest BCUT2D eigenvalue weighted by Crippen LogP contribution is 2.42. The van der Waals surface area contributed by atoms with Crippen LogP contribution in [0.2, 0.25) is 0 Å². The predicted molar refractivity (Wildman–Crippen MR) is 130 cm³/mol. The number of ether oxygens (including phenoxy) is 2. The molecule has 0 saturated heterocycles. The lowest BCUT2D eigenvalue weighted by Gasteiger charge is -2.35. The van der Waals surface area contributed by atoms with Crippen molar-refractivity contribution >= 4 is 36.4 Å². The van der Waals surface area contributed by atoms with Crippen LogP contribution in [0.1, 0.15) is 26.3 Å². The van der Waals surface area contributed by atoms with Gasteiger partial charge in [0, 0.05) is 17.9 Å². The fraction of sp³-hybridized carbons (Fsp3) is 0.360. The average molecular weight is 471 g/mol. The van der Waals surface area contributed by atoms with Crippen LogP contribution in [0.25, 0.3) is 10.9 Å². The highest BCUT2D eigenvalue weighted by molar-refractivity contribution is 8.03. The summed E-state index contributed by atoms with van der Waals surface area (Å²) in [6.45, 7) is 6.13. The third kappa shape index (κ3) is 5.55. The topological polar surface area (TPSA) is 65.5 Å². The fourth-order valence-electron chi connectivity index (χ4n) is 3.79. The zero-order valence-corrected chi connectivity index (χ0v) is 20.4. The number of nitrogens with zero attached hydrogens (tertiary/aromatic N) is 1. The SMILES string of the molecule is CCOC(=O)C(OCC)(c1ccccc1)C(C)C[P+](=O)CSc1ccc2ccccc2n1. The van der Waals surface area contributed by atoms with Gasteiger partial charge in [0.25, 0.3) is 0 Å². The summed E-state index contributed by atoms with van der Waals surface area (Å²) in [6, 6.07) is 21.3. The minimum atomic E-state index is -1.60. The summed E-state index contributed by atoms with van der Waals surface area (Å²) in [5.74, 6) is -0.773. The lowest BCUT2D eigenvalue weighted by atomic mass is 9.82. The number of benzene rings is 2. The van der Waals surface area contributed by atoms with E-state index in [0.717, 1.165) is 21.5 Å². The molecule has 32 heavy (non-hydrogen) atoms. The number of pyridine rings is 1. The van der Waals surface area contributed by atoms with Crippen LogP contribution in [0.4, 0.5) is 0 Å². The molecule has 2 aromatic carbocycles. The van der Waals surface area contributed by atoms with Crippen LogP contribution in [-0.2, 0) is 24.4 Å². The Morgan fingerprint density at radius 1 is 1.03 bits per heavy atom. The van der Waals surface area contributed by atoms with Crippen LogP contribution in [0.3, 0.4) is 0 Å². The van der Waals surface area contributed by atoms with E-state index in [9.17, 15) is 9.36 Å². The van der Waals surface area contributed by atoms with Crippen molar-refractivity contribution < 1.29 is 18.8 Å². The Balaban J connectivity index is 1.76. The molecule has 0 radical (unpaired) electrons. The number of aromatic nitrogens is 1. The van der Waals surface area contributed by atoms with Gasteiger partial charge in [0.1, 0.15) is 5.03 Å². The lowest BCUT2D eigenvalue weighted by molar-refractivity contribution is -0.180. The summed E-state index contributed by atoms with van der Waals surface area (Å²) in [7, 11) is -1.60. The summed E-state index contributed by atoms with van der Waals surface area (Å²) < 4.78 is 24.5. The van der Waals surface area contributed by atoms with Gasteiger partial charge >= 0.3 is 13.8 Å². The van der Waals surface area contributed by atoms with E-state index in [2.05, 4.69) is 4.98 Å². The third-order valence-corrected chi connectivity index (χ3v) is 8.40. The molecule has 3 rings (SSSR count). The number of thioether (sulfide) groups is 1. The largest absolute Gasteiger partial charge is 0.464 e. The number of esters is 1. The van der Waals surface area contributed by atoms with Crippen LogP contribution in [0.15, 0.2) is 71.8 Å². The second kappa shape index (κ2) is 11.6. The van der Waals surface area contributed by atoms with E-state index in [0.29, 0.717) is 18.3 Å². The van der Waals surface area contributed by atoms with Gasteiger partial charge in [-0.1, -0.05) is 77.8 Å². The van der Waals surface area contributed by atoms with Crippen LogP contribution >= 0.6 is 19.6 Å². The highest BCUT2D eigenvalue weighted by Gasteiger charge is 2.50. The van der Waals surface area contributed by atoms with E-state index >= 15 is 0 Å². The van der Waals surface area contributed by atoms with Crippen molar-refractivity contribution in [3.05, 3.63) is 72.3 Å². The molecule has 0 amide bonds. The van der Waals surface area contributed by atoms with Crippen molar-refractivity contribution in [3.8, 4) is 0 Å².